The number of hydrogen-bond acceptors (Lipinski definition) is 6. The fraction of sp³-hybridized carbons (Fsp3) is 0.125. The van der Waals surface area contributed by atoms with Gasteiger partial charge in [0.05, 0.1) is 22.2 Å². The smallest absolute Gasteiger partial charge is 0.259 e. The van der Waals surface area contributed by atoms with Gasteiger partial charge in [-0.15, -0.1) is 16.4 Å². The van der Waals surface area contributed by atoms with Crippen molar-refractivity contribution in [2.24, 2.45) is 0 Å². The molecule has 5 aromatic rings. The van der Waals surface area contributed by atoms with E-state index in [0.717, 1.165) is 34.8 Å². The molecule has 0 radical (unpaired) electrons. The van der Waals surface area contributed by atoms with Crippen molar-refractivity contribution in [1.82, 2.24) is 30.0 Å². The monoisotopic (exact) mass is 453 g/mol. The van der Waals surface area contributed by atoms with Gasteiger partial charge in [0.25, 0.3) is 5.91 Å². The summed E-state index contributed by atoms with van der Waals surface area (Å²) in [5.41, 5.74) is 3.68. The van der Waals surface area contributed by atoms with Crippen LogP contribution in [0.2, 0.25) is 0 Å². The van der Waals surface area contributed by atoms with E-state index >= 15 is 0 Å². The maximum Gasteiger partial charge on any atom is 0.259 e. The fourth-order valence-corrected chi connectivity index (χ4v) is 4.42. The topological polar surface area (TPSA) is 90.5 Å². The molecule has 2 aromatic carbocycles. The number of hydrogen-bond donors (Lipinski definition) is 1. The molecule has 162 valence electrons. The number of aromatic nitrogens is 6. The Kier molecular flexibility index (Phi) is 4.80. The Morgan fingerprint density at radius 3 is 2.55 bits per heavy atom. The summed E-state index contributed by atoms with van der Waals surface area (Å²) in [5.74, 6) is 0.538. The molecular formula is C24H19N7OS. The maximum absolute atomic E-state index is 13.2. The molecule has 0 aliphatic heterocycles. The van der Waals surface area contributed by atoms with Crippen LogP contribution in [-0.2, 0) is 0 Å². The van der Waals surface area contributed by atoms with E-state index in [0.29, 0.717) is 23.0 Å². The Balaban J connectivity index is 1.28. The third kappa shape index (κ3) is 3.83. The van der Waals surface area contributed by atoms with Crippen molar-refractivity contribution in [3.63, 3.8) is 0 Å². The largest absolute Gasteiger partial charge is 0.322 e. The molecule has 6 rings (SSSR count). The number of carbonyl (C=O) groups is 1. The number of carbonyl (C=O) groups excluding carboxylic acids is 1. The first-order valence-corrected chi connectivity index (χ1v) is 11.5. The van der Waals surface area contributed by atoms with Gasteiger partial charge < -0.3 is 5.32 Å². The van der Waals surface area contributed by atoms with Gasteiger partial charge in [-0.2, -0.15) is 5.10 Å². The van der Waals surface area contributed by atoms with Crippen LogP contribution in [0.4, 0.5) is 5.69 Å². The van der Waals surface area contributed by atoms with Crippen molar-refractivity contribution in [2.75, 3.05) is 5.32 Å². The van der Waals surface area contributed by atoms with Gasteiger partial charge in [0.15, 0.2) is 5.82 Å². The standard InChI is InChI=1S/C24H19N7OS/c32-24(25-17-10-8-16(9-11-17)23-26-28-29-31(23)19-12-13-19)20-15-30(18-5-2-1-3-6-18)27-22(20)21-7-4-14-33-21/h1-11,14-15,19H,12-13H2,(H,25,32). The van der Waals surface area contributed by atoms with Crippen LogP contribution in [0.25, 0.3) is 27.6 Å². The van der Waals surface area contributed by atoms with E-state index in [2.05, 4.69) is 20.8 Å². The highest BCUT2D eigenvalue weighted by atomic mass is 32.1. The Morgan fingerprint density at radius 1 is 1.00 bits per heavy atom. The number of nitrogens with one attached hydrogen (secondary N) is 1. The molecule has 9 heteroatoms. The molecular weight excluding hydrogens is 434 g/mol. The van der Waals surface area contributed by atoms with Gasteiger partial charge in [-0.05, 0) is 71.1 Å². The number of anilines is 1. The van der Waals surface area contributed by atoms with Gasteiger partial charge in [0.1, 0.15) is 5.69 Å². The summed E-state index contributed by atoms with van der Waals surface area (Å²) in [6.07, 6.45) is 3.99. The predicted octanol–water partition coefficient (Wildman–Crippen LogP) is 4.84. The van der Waals surface area contributed by atoms with Crippen molar-refractivity contribution in [2.45, 2.75) is 18.9 Å². The van der Waals surface area contributed by atoms with E-state index in [9.17, 15) is 4.79 Å². The highest BCUT2D eigenvalue weighted by molar-refractivity contribution is 7.13. The van der Waals surface area contributed by atoms with E-state index in [4.69, 9.17) is 5.10 Å². The molecule has 1 fully saturated rings. The minimum Gasteiger partial charge on any atom is -0.322 e. The first kappa shape index (κ1) is 19.6. The second kappa shape index (κ2) is 8.10. The van der Waals surface area contributed by atoms with Crippen LogP contribution >= 0.6 is 11.3 Å². The fourth-order valence-electron chi connectivity index (χ4n) is 3.70. The van der Waals surface area contributed by atoms with Gasteiger partial charge in [0.2, 0.25) is 0 Å². The lowest BCUT2D eigenvalue weighted by atomic mass is 10.1. The second-order valence-corrected chi connectivity index (χ2v) is 8.81. The molecule has 0 saturated heterocycles. The lowest BCUT2D eigenvalue weighted by Gasteiger charge is -2.07. The Labute approximate surface area is 193 Å². The van der Waals surface area contributed by atoms with Gasteiger partial charge in [0, 0.05) is 17.4 Å². The number of tetrazole rings is 1. The third-order valence-corrected chi connectivity index (χ3v) is 6.40. The molecule has 0 bridgehead atoms. The lowest BCUT2D eigenvalue weighted by Crippen LogP contribution is -2.12. The molecule has 0 atom stereocenters. The minimum atomic E-state index is -0.212. The third-order valence-electron chi connectivity index (χ3n) is 5.52. The van der Waals surface area contributed by atoms with E-state index in [1.54, 1.807) is 22.2 Å². The number of benzene rings is 2. The molecule has 1 aliphatic rings. The van der Waals surface area contributed by atoms with Crippen LogP contribution in [0, 0.1) is 0 Å². The van der Waals surface area contributed by atoms with Crippen LogP contribution < -0.4 is 5.32 Å². The molecule has 8 nitrogen and oxygen atoms in total. The zero-order chi connectivity index (χ0) is 22.2. The molecule has 0 unspecified atom stereocenters. The van der Waals surface area contributed by atoms with Crippen LogP contribution in [0.5, 0.6) is 0 Å². The predicted molar refractivity (Wildman–Crippen MR) is 126 cm³/mol. The minimum absolute atomic E-state index is 0.212. The summed E-state index contributed by atoms with van der Waals surface area (Å²) >= 11 is 1.55. The zero-order valence-electron chi connectivity index (χ0n) is 17.5. The molecule has 1 N–H and O–H groups in total. The van der Waals surface area contributed by atoms with Crippen molar-refractivity contribution in [1.29, 1.82) is 0 Å². The van der Waals surface area contributed by atoms with Gasteiger partial charge in [-0.3, -0.25) is 4.79 Å². The van der Waals surface area contributed by atoms with E-state index in [-0.39, 0.29) is 5.91 Å². The number of thiophene rings is 1. The van der Waals surface area contributed by atoms with Gasteiger partial charge >= 0.3 is 0 Å². The quantitative estimate of drug-likeness (QED) is 0.397. The molecule has 1 saturated carbocycles. The van der Waals surface area contributed by atoms with Crippen LogP contribution in [0.1, 0.15) is 29.2 Å². The van der Waals surface area contributed by atoms with Crippen LogP contribution in [-0.4, -0.2) is 35.9 Å². The lowest BCUT2D eigenvalue weighted by molar-refractivity contribution is 0.102. The zero-order valence-corrected chi connectivity index (χ0v) is 18.3. The maximum atomic E-state index is 13.2. The molecule has 1 aliphatic carbocycles. The number of nitrogens with zero attached hydrogens (tertiary/aromatic N) is 6. The van der Waals surface area contributed by atoms with Crippen molar-refractivity contribution < 1.29 is 4.79 Å². The Hall–Kier alpha value is -4.11. The number of rotatable bonds is 6. The first-order chi connectivity index (χ1) is 16.3. The first-order valence-electron chi connectivity index (χ1n) is 10.6. The normalized spacial score (nSPS) is 13.2. The summed E-state index contributed by atoms with van der Waals surface area (Å²) in [7, 11) is 0. The van der Waals surface area contributed by atoms with Gasteiger partial charge in [-0.1, -0.05) is 24.3 Å². The number of para-hydroxylation sites is 1. The van der Waals surface area contributed by atoms with Crippen molar-refractivity contribution in [3.05, 3.63) is 83.9 Å². The van der Waals surface area contributed by atoms with E-state index in [1.807, 2.05) is 76.8 Å². The Bertz CT molecular complexity index is 1400. The molecule has 1 amide bonds. The molecule has 0 spiro atoms. The molecule has 3 aromatic heterocycles. The second-order valence-electron chi connectivity index (χ2n) is 7.86. The molecule has 33 heavy (non-hydrogen) atoms. The Morgan fingerprint density at radius 2 is 1.82 bits per heavy atom. The van der Waals surface area contributed by atoms with E-state index in [1.165, 1.54) is 0 Å². The van der Waals surface area contributed by atoms with Crippen molar-refractivity contribution >= 4 is 22.9 Å². The highest BCUT2D eigenvalue weighted by Gasteiger charge is 2.28. The highest BCUT2D eigenvalue weighted by Crippen LogP contribution is 2.36. The summed E-state index contributed by atoms with van der Waals surface area (Å²) in [5, 5.41) is 21.8. The summed E-state index contributed by atoms with van der Waals surface area (Å²) in [4.78, 5) is 14.2. The average molecular weight is 454 g/mol. The summed E-state index contributed by atoms with van der Waals surface area (Å²) in [6, 6.07) is 21.7. The summed E-state index contributed by atoms with van der Waals surface area (Å²) in [6.45, 7) is 0. The summed E-state index contributed by atoms with van der Waals surface area (Å²) < 4.78 is 3.61. The van der Waals surface area contributed by atoms with Crippen LogP contribution in [0.15, 0.2) is 78.3 Å². The SMILES string of the molecule is O=C(Nc1ccc(-c2nnnn2C2CC2)cc1)c1cn(-c2ccccc2)nc1-c1cccs1. The van der Waals surface area contributed by atoms with Crippen LogP contribution in [0.3, 0.4) is 0 Å². The molecule has 3 heterocycles. The van der Waals surface area contributed by atoms with Crippen molar-refractivity contribution in [3.8, 4) is 27.6 Å². The van der Waals surface area contributed by atoms with Gasteiger partial charge in [-0.25, -0.2) is 9.36 Å². The number of amides is 1. The average Bonchev–Trinajstić information content (AvgIpc) is 3.26. The van der Waals surface area contributed by atoms with E-state index < -0.39 is 0 Å².